The molecule has 0 aliphatic carbocycles. The molecule has 10 heteroatoms. The maximum absolute atomic E-state index is 12.7. The summed E-state index contributed by atoms with van der Waals surface area (Å²) < 4.78 is 1.79. The zero-order valence-corrected chi connectivity index (χ0v) is 23.0. The third kappa shape index (κ3) is 5.38. The smallest absolute Gasteiger partial charge is 0.208 e. The molecular formula is C28H32N8OS. The van der Waals surface area contributed by atoms with Crippen molar-refractivity contribution in [1.82, 2.24) is 24.8 Å². The Hall–Kier alpha value is -3.84. The molecule has 196 valence electrons. The molecule has 0 atom stereocenters. The Bertz CT molecular complexity index is 1500. The van der Waals surface area contributed by atoms with Crippen LogP contribution in [0, 0.1) is 22.7 Å². The highest BCUT2D eigenvalue weighted by molar-refractivity contribution is 7.18. The van der Waals surface area contributed by atoms with Crippen LogP contribution in [0.15, 0.2) is 36.7 Å². The van der Waals surface area contributed by atoms with Gasteiger partial charge in [0.25, 0.3) is 0 Å². The van der Waals surface area contributed by atoms with Crippen molar-refractivity contribution in [2.75, 3.05) is 29.9 Å². The van der Waals surface area contributed by atoms with Crippen molar-refractivity contribution >= 4 is 33.5 Å². The van der Waals surface area contributed by atoms with Crippen molar-refractivity contribution < 1.29 is 4.79 Å². The largest absolute Gasteiger partial charge is 0.385 e. The van der Waals surface area contributed by atoms with Crippen molar-refractivity contribution in [1.29, 1.82) is 5.26 Å². The summed E-state index contributed by atoms with van der Waals surface area (Å²) in [6.45, 7) is 10.8. The highest BCUT2D eigenvalue weighted by Gasteiger charge is 2.29. The average Bonchev–Trinajstić information content (AvgIpc) is 3.55. The Balaban J connectivity index is 1.35. The molecule has 0 aromatic carbocycles. The minimum absolute atomic E-state index is 0.0300. The van der Waals surface area contributed by atoms with Crippen LogP contribution in [0.4, 0.5) is 10.8 Å². The van der Waals surface area contributed by atoms with Gasteiger partial charge in [0.05, 0.1) is 34.2 Å². The molecule has 0 saturated carbocycles. The number of piperidine rings is 1. The number of anilines is 2. The number of aromatic nitrogens is 5. The predicted octanol–water partition coefficient (Wildman–Crippen LogP) is 5.44. The minimum Gasteiger partial charge on any atom is -0.385 e. The number of carbonyl (C=O) groups is 1. The van der Waals surface area contributed by atoms with E-state index in [1.807, 2.05) is 30.5 Å². The van der Waals surface area contributed by atoms with E-state index < -0.39 is 0 Å². The Labute approximate surface area is 226 Å². The fourth-order valence-corrected chi connectivity index (χ4v) is 5.79. The highest BCUT2D eigenvalue weighted by Crippen LogP contribution is 2.37. The minimum atomic E-state index is 0.0300. The molecule has 1 saturated heterocycles. The van der Waals surface area contributed by atoms with E-state index in [4.69, 9.17) is 10.2 Å². The lowest BCUT2D eigenvalue weighted by Gasteiger charge is -2.31. The van der Waals surface area contributed by atoms with E-state index in [1.165, 1.54) is 0 Å². The second-order valence-electron chi connectivity index (χ2n) is 10.9. The standard InChI is InChI=1S/C28H32N8OS/c1-5-30-22-13-23(24-7-6-20-12-18(15-29)16-32-36(20)24)31-17-21(22)26-33-34-27(38-26)35-10-8-19(9-11-35)25(37)14-28(2,3)4/h6-7,12-13,16-17,19H,5,8-11,14H2,1-4H3,(H,30,31). The molecule has 0 bridgehead atoms. The molecule has 0 unspecified atom stereocenters. The molecule has 9 nitrogen and oxygen atoms in total. The molecule has 5 rings (SSSR count). The first-order chi connectivity index (χ1) is 18.3. The number of carbonyl (C=O) groups excluding carboxylic acids is 1. The lowest BCUT2D eigenvalue weighted by atomic mass is 9.82. The average molecular weight is 529 g/mol. The Morgan fingerprint density at radius 2 is 1.97 bits per heavy atom. The number of hydrogen-bond acceptors (Lipinski definition) is 9. The molecule has 0 spiro atoms. The van der Waals surface area contributed by atoms with Crippen molar-refractivity contribution in [3.8, 4) is 28.0 Å². The van der Waals surface area contributed by atoms with E-state index in [9.17, 15) is 4.79 Å². The molecule has 4 aromatic heterocycles. The molecule has 1 N–H and O–H groups in total. The quantitative estimate of drug-likeness (QED) is 0.337. The Morgan fingerprint density at radius 1 is 1.18 bits per heavy atom. The summed E-state index contributed by atoms with van der Waals surface area (Å²) >= 11 is 1.55. The number of pyridine rings is 1. The summed E-state index contributed by atoms with van der Waals surface area (Å²) in [6.07, 6.45) is 5.74. The number of Topliss-reactive ketones (excluding diaryl/α,β-unsaturated/α-hetero) is 1. The van der Waals surface area contributed by atoms with Crippen LogP contribution in [0.25, 0.3) is 27.5 Å². The Morgan fingerprint density at radius 3 is 2.68 bits per heavy atom. The van der Waals surface area contributed by atoms with Gasteiger partial charge >= 0.3 is 0 Å². The van der Waals surface area contributed by atoms with Gasteiger partial charge in [0.2, 0.25) is 5.13 Å². The summed E-state index contributed by atoms with van der Waals surface area (Å²) in [7, 11) is 0. The van der Waals surface area contributed by atoms with Crippen molar-refractivity contribution in [2.24, 2.45) is 11.3 Å². The number of nitrogens with one attached hydrogen (secondary N) is 1. The fourth-order valence-electron chi connectivity index (χ4n) is 4.87. The van der Waals surface area contributed by atoms with Crippen LogP contribution in [0.1, 0.15) is 52.5 Å². The van der Waals surface area contributed by atoms with Gasteiger partial charge in [0.15, 0.2) is 5.01 Å². The van der Waals surface area contributed by atoms with E-state index in [-0.39, 0.29) is 11.3 Å². The normalized spacial score (nSPS) is 14.6. The molecule has 0 amide bonds. The first-order valence-electron chi connectivity index (χ1n) is 13.0. The monoisotopic (exact) mass is 528 g/mol. The van der Waals surface area contributed by atoms with Crippen molar-refractivity contribution in [2.45, 2.75) is 47.0 Å². The predicted molar refractivity (Wildman–Crippen MR) is 150 cm³/mol. The van der Waals surface area contributed by atoms with Crippen molar-refractivity contribution in [3.05, 3.63) is 42.2 Å². The third-order valence-electron chi connectivity index (χ3n) is 6.73. The van der Waals surface area contributed by atoms with Gasteiger partial charge in [0.1, 0.15) is 11.9 Å². The fraction of sp³-hybridized carbons (Fsp3) is 0.429. The zero-order chi connectivity index (χ0) is 26.9. The number of nitrogens with zero attached hydrogens (tertiary/aromatic N) is 7. The van der Waals surface area contributed by atoms with Gasteiger partial charge in [-0.1, -0.05) is 32.1 Å². The maximum Gasteiger partial charge on any atom is 0.208 e. The highest BCUT2D eigenvalue weighted by atomic mass is 32.1. The second-order valence-corrected chi connectivity index (χ2v) is 11.9. The van der Waals surface area contributed by atoms with E-state index in [1.54, 1.807) is 22.0 Å². The van der Waals surface area contributed by atoms with Crippen LogP contribution in [-0.4, -0.2) is 50.2 Å². The first kappa shape index (κ1) is 25.8. The lowest BCUT2D eigenvalue weighted by molar-refractivity contribution is -0.125. The van der Waals surface area contributed by atoms with Crippen LogP contribution >= 0.6 is 11.3 Å². The first-order valence-corrected chi connectivity index (χ1v) is 13.8. The molecule has 1 aliphatic heterocycles. The van der Waals surface area contributed by atoms with Gasteiger partial charge in [-0.3, -0.25) is 9.78 Å². The SMILES string of the molecule is CCNc1cc(-c2ccc3cc(C#N)cnn23)ncc1-c1nnc(N2CCC(C(=O)CC(C)(C)C)CC2)s1. The topological polar surface area (TPSA) is 112 Å². The number of nitriles is 1. The van der Waals surface area contributed by atoms with Gasteiger partial charge in [-0.05, 0) is 49.4 Å². The lowest BCUT2D eigenvalue weighted by Crippen LogP contribution is -2.37. The van der Waals surface area contributed by atoms with Crippen LogP contribution in [0.2, 0.25) is 0 Å². The number of rotatable bonds is 7. The summed E-state index contributed by atoms with van der Waals surface area (Å²) in [5.41, 5.74) is 4.83. The zero-order valence-electron chi connectivity index (χ0n) is 22.2. The molecule has 38 heavy (non-hydrogen) atoms. The summed E-state index contributed by atoms with van der Waals surface area (Å²) in [4.78, 5) is 19.7. The van der Waals surface area contributed by atoms with Gasteiger partial charge in [-0.15, -0.1) is 10.2 Å². The molecule has 5 heterocycles. The van der Waals surface area contributed by atoms with Crippen molar-refractivity contribution in [3.63, 3.8) is 0 Å². The number of ketones is 1. The molecule has 4 aromatic rings. The van der Waals surface area contributed by atoms with E-state index in [2.05, 4.69) is 59.3 Å². The summed E-state index contributed by atoms with van der Waals surface area (Å²) in [6, 6.07) is 9.84. The summed E-state index contributed by atoms with van der Waals surface area (Å²) in [5, 5.41) is 27.7. The number of hydrogen-bond donors (Lipinski definition) is 1. The third-order valence-corrected chi connectivity index (χ3v) is 7.75. The van der Waals surface area contributed by atoms with E-state index in [0.717, 1.165) is 70.8 Å². The van der Waals surface area contributed by atoms with Crippen LogP contribution in [0.5, 0.6) is 0 Å². The molecule has 1 fully saturated rings. The maximum atomic E-state index is 12.7. The second kappa shape index (κ2) is 10.5. The van der Waals surface area contributed by atoms with Crippen LogP contribution in [0.3, 0.4) is 0 Å². The van der Waals surface area contributed by atoms with Gasteiger partial charge in [-0.2, -0.15) is 10.4 Å². The van der Waals surface area contributed by atoms with Gasteiger partial charge < -0.3 is 10.2 Å². The van der Waals surface area contributed by atoms with Gasteiger partial charge in [-0.25, -0.2) is 4.52 Å². The number of fused-ring (bicyclic) bond motifs is 1. The van der Waals surface area contributed by atoms with Crippen LogP contribution in [-0.2, 0) is 4.79 Å². The van der Waals surface area contributed by atoms with Gasteiger partial charge in [0, 0.05) is 43.9 Å². The van der Waals surface area contributed by atoms with E-state index >= 15 is 0 Å². The Kier molecular flexibility index (Phi) is 7.13. The van der Waals surface area contributed by atoms with E-state index in [0.29, 0.717) is 17.8 Å². The molecular weight excluding hydrogens is 496 g/mol. The van der Waals surface area contributed by atoms with Crippen LogP contribution < -0.4 is 10.2 Å². The summed E-state index contributed by atoms with van der Waals surface area (Å²) in [5.74, 6) is 0.522. The molecule has 1 aliphatic rings. The molecule has 0 radical (unpaired) electrons.